The van der Waals surface area contributed by atoms with Gasteiger partial charge in [-0.3, -0.25) is 9.89 Å². The van der Waals surface area contributed by atoms with Crippen LogP contribution in [0.2, 0.25) is 0 Å². The van der Waals surface area contributed by atoms with Crippen molar-refractivity contribution in [3.05, 3.63) is 72.6 Å². The van der Waals surface area contributed by atoms with Crippen molar-refractivity contribution in [1.82, 2.24) is 20.3 Å². The Morgan fingerprint density at radius 3 is 2.55 bits per heavy atom. The molecule has 0 aliphatic carbocycles. The third kappa shape index (κ3) is 5.64. The van der Waals surface area contributed by atoms with Gasteiger partial charge in [-0.1, -0.05) is 53.7 Å². The Balaban J connectivity index is 1.24. The lowest BCUT2D eigenvalue weighted by Crippen LogP contribution is -2.52. The van der Waals surface area contributed by atoms with Crippen molar-refractivity contribution in [3.8, 4) is 16.9 Å². The predicted molar refractivity (Wildman–Crippen MR) is 122 cm³/mol. The number of hydrogen-bond acceptors (Lipinski definition) is 5. The molecule has 0 bridgehead atoms. The van der Waals surface area contributed by atoms with Crippen LogP contribution in [0.5, 0.6) is 5.75 Å². The highest BCUT2D eigenvalue weighted by Gasteiger charge is 2.20. The summed E-state index contributed by atoms with van der Waals surface area (Å²) in [4.78, 5) is 9.12. The second-order valence-corrected chi connectivity index (χ2v) is 7.44. The molecule has 3 aromatic rings. The van der Waals surface area contributed by atoms with Crippen LogP contribution >= 0.6 is 0 Å². The molecule has 1 aromatic heterocycles. The van der Waals surface area contributed by atoms with Gasteiger partial charge in [-0.25, -0.2) is 0 Å². The van der Waals surface area contributed by atoms with E-state index in [0.717, 1.165) is 61.3 Å². The number of benzene rings is 2. The standard InChI is InChI=1S/C24H29N5O2/c1-25-24(29-15-13-28(14-16-29)19-21-11-17-31-27-21)26-12-18-30-23-10-6-5-9-22(23)20-7-3-2-4-8-20/h2-11,17H,12-16,18-19H2,1H3,(H,25,26). The maximum absolute atomic E-state index is 6.09. The fourth-order valence-corrected chi connectivity index (χ4v) is 3.77. The van der Waals surface area contributed by atoms with Gasteiger partial charge < -0.3 is 19.5 Å². The number of guanidine groups is 1. The highest BCUT2D eigenvalue weighted by Crippen LogP contribution is 2.29. The van der Waals surface area contributed by atoms with E-state index >= 15 is 0 Å². The van der Waals surface area contributed by atoms with Gasteiger partial charge in [0.15, 0.2) is 5.96 Å². The van der Waals surface area contributed by atoms with Crippen LogP contribution in [-0.2, 0) is 6.54 Å². The van der Waals surface area contributed by atoms with Crippen LogP contribution in [0.25, 0.3) is 11.1 Å². The summed E-state index contributed by atoms with van der Waals surface area (Å²) in [6.45, 7) is 5.86. The minimum Gasteiger partial charge on any atom is -0.491 e. The molecular weight excluding hydrogens is 390 g/mol. The zero-order chi connectivity index (χ0) is 21.3. The summed E-state index contributed by atoms with van der Waals surface area (Å²) in [6.07, 6.45) is 1.62. The number of hydrogen-bond donors (Lipinski definition) is 1. The Bertz CT molecular complexity index is 951. The van der Waals surface area contributed by atoms with E-state index in [4.69, 9.17) is 9.26 Å². The van der Waals surface area contributed by atoms with Gasteiger partial charge in [-0.05, 0) is 11.6 Å². The van der Waals surface area contributed by atoms with Gasteiger partial charge in [-0.2, -0.15) is 0 Å². The third-order valence-electron chi connectivity index (χ3n) is 5.38. The summed E-state index contributed by atoms with van der Waals surface area (Å²) < 4.78 is 11.0. The fourth-order valence-electron chi connectivity index (χ4n) is 3.77. The summed E-state index contributed by atoms with van der Waals surface area (Å²) >= 11 is 0. The Morgan fingerprint density at radius 1 is 1.03 bits per heavy atom. The van der Waals surface area contributed by atoms with Crippen LogP contribution in [0.15, 0.2) is 76.4 Å². The van der Waals surface area contributed by atoms with E-state index in [2.05, 4.69) is 43.5 Å². The molecule has 0 atom stereocenters. The van der Waals surface area contributed by atoms with Gasteiger partial charge >= 0.3 is 0 Å². The minimum absolute atomic E-state index is 0.564. The molecule has 4 rings (SSSR count). The molecule has 0 saturated carbocycles. The number of nitrogens with zero attached hydrogens (tertiary/aromatic N) is 4. The van der Waals surface area contributed by atoms with Crippen LogP contribution in [0.3, 0.4) is 0 Å². The number of para-hydroxylation sites is 1. The maximum atomic E-state index is 6.09. The summed E-state index contributed by atoms with van der Waals surface area (Å²) in [5.74, 6) is 1.81. The highest BCUT2D eigenvalue weighted by atomic mass is 16.5. The maximum Gasteiger partial charge on any atom is 0.193 e. The van der Waals surface area contributed by atoms with E-state index in [0.29, 0.717) is 13.2 Å². The largest absolute Gasteiger partial charge is 0.491 e. The van der Waals surface area contributed by atoms with E-state index in [-0.39, 0.29) is 0 Å². The smallest absolute Gasteiger partial charge is 0.193 e. The lowest BCUT2D eigenvalue weighted by molar-refractivity contribution is 0.168. The molecular formula is C24H29N5O2. The van der Waals surface area contributed by atoms with Crippen molar-refractivity contribution in [3.63, 3.8) is 0 Å². The molecule has 2 heterocycles. The third-order valence-corrected chi connectivity index (χ3v) is 5.38. The second kappa shape index (κ2) is 10.6. The molecule has 1 fully saturated rings. The first-order valence-electron chi connectivity index (χ1n) is 10.7. The minimum atomic E-state index is 0.564. The van der Waals surface area contributed by atoms with Gasteiger partial charge in [0.2, 0.25) is 0 Å². The molecule has 0 spiro atoms. The van der Waals surface area contributed by atoms with Gasteiger partial charge in [0.1, 0.15) is 18.6 Å². The molecule has 0 radical (unpaired) electrons. The van der Waals surface area contributed by atoms with Gasteiger partial charge in [0, 0.05) is 51.4 Å². The summed E-state index contributed by atoms with van der Waals surface area (Å²) in [6, 6.07) is 20.4. The van der Waals surface area contributed by atoms with Crippen LogP contribution in [0, 0.1) is 0 Å². The quantitative estimate of drug-likeness (QED) is 0.361. The molecule has 1 aliphatic rings. The number of rotatable bonds is 7. The fraction of sp³-hybridized carbons (Fsp3) is 0.333. The van der Waals surface area contributed by atoms with E-state index < -0.39 is 0 Å². The van der Waals surface area contributed by atoms with Crippen molar-refractivity contribution in [2.24, 2.45) is 4.99 Å². The van der Waals surface area contributed by atoms with Gasteiger partial charge in [-0.15, -0.1) is 0 Å². The topological polar surface area (TPSA) is 66.1 Å². The van der Waals surface area contributed by atoms with Crippen molar-refractivity contribution in [2.45, 2.75) is 6.54 Å². The molecule has 0 amide bonds. The van der Waals surface area contributed by atoms with Crippen LogP contribution in [0.4, 0.5) is 0 Å². The Kier molecular flexibility index (Phi) is 7.18. The zero-order valence-corrected chi connectivity index (χ0v) is 17.9. The summed E-state index contributed by atoms with van der Waals surface area (Å²) in [5, 5.41) is 7.43. The number of ether oxygens (including phenoxy) is 1. The molecule has 2 aromatic carbocycles. The Hall–Kier alpha value is -3.32. The number of aromatic nitrogens is 1. The molecule has 1 aliphatic heterocycles. The summed E-state index contributed by atoms with van der Waals surface area (Å²) in [7, 11) is 1.83. The van der Waals surface area contributed by atoms with E-state index in [9.17, 15) is 0 Å². The van der Waals surface area contributed by atoms with Gasteiger partial charge in [0.05, 0.1) is 12.2 Å². The SMILES string of the molecule is CN=C(NCCOc1ccccc1-c1ccccc1)N1CCN(Cc2ccon2)CC1. The Labute approximate surface area is 183 Å². The first-order chi connectivity index (χ1) is 15.3. The molecule has 7 nitrogen and oxygen atoms in total. The molecule has 1 saturated heterocycles. The van der Waals surface area contributed by atoms with Crippen LogP contribution in [0.1, 0.15) is 5.69 Å². The molecule has 7 heteroatoms. The normalized spacial score (nSPS) is 15.1. The van der Waals surface area contributed by atoms with Crippen LogP contribution < -0.4 is 10.1 Å². The average molecular weight is 420 g/mol. The summed E-state index contributed by atoms with van der Waals surface area (Å²) in [5.41, 5.74) is 3.24. The number of aliphatic imine (C=N–C) groups is 1. The number of nitrogens with one attached hydrogen (secondary N) is 1. The molecule has 162 valence electrons. The molecule has 31 heavy (non-hydrogen) atoms. The van der Waals surface area contributed by atoms with E-state index in [1.54, 1.807) is 6.26 Å². The van der Waals surface area contributed by atoms with Crippen molar-refractivity contribution >= 4 is 5.96 Å². The van der Waals surface area contributed by atoms with Gasteiger partial charge in [0.25, 0.3) is 0 Å². The lowest BCUT2D eigenvalue weighted by atomic mass is 10.1. The zero-order valence-electron chi connectivity index (χ0n) is 17.9. The molecule has 0 unspecified atom stereocenters. The first-order valence-corrected chi connectivity index (χ1v) is 10.7. The van der Waals surface area contributed by atoms with E-state index in [1.807, 2.05) is 49.5 Å². The monoisotopic (exact) mass is 419 g/mol. The first kappa shape index (κ1) is 20.9. The average Bonchev–Trinajstić information content (AvgIpc) is 3.34. The highest BCUT2D eigenvalue weighted by molar-refractivity contribution is 5.80. The van der Waals surface area contributed by atoms with Crippen molar-refractivity contribution in [1.29, 1.82) is 0 Å². The predicted octanol–water partition coefficient (Wildman–Crippen LogP) is 3.11. The van der Waals surface area contributed by atoms with E-state index in [1.165, 1.54) is 0 Å². The number of piperazine rings is 1. The second-order valence-electron chi connectivity index (χ2n) is 7.44. The Morgan fingerprint density at radius 2 is 1.81 bits per heavy atom. The van der Waals surface area contributed by atoms with Crippen molar-refractivity contribution in [2.75, 3.05) is 46.4 Å². The van der Waals surface area contributed by atoms with Crippen LogP contribution in [-0.4, -0.2) is 67.3 Å². The van der Waals surface area contributed by atoms with Crippen molar-refractivity contribution < 1.29 is 9.26 Å². The lowest BCUT2D eigenvalue weighted by Gasteiger charge is -2.36. The molecule has 1 N–H and O–H groups in total.